The van der Waals surface area contributed by atoms with Crippen molar-refractivity contribution in [1.82, 2.24) is 0 Å². The van der Waals surface area contributed by atoms with Crippen LogP contribution >= 0.6 is 0 Å². The van der Waals surface area contributed by atoms with Gasteiger partial charge in [0.05, 0.1) is 12.0 Å². The van der Waals surface area contributed by atoms with Crippen LogP contribution in [0.4, 0.5) is 0 Å². The average molecular weight is 419 g/mol. The van der Waals surface area contributed by atoms with Gasteiger partial charge in [-0.3, -0.25) is 9.59 Å². The highest BCUT2D eigenvalue weighted by atomic mass is 16.6. The molecule has 6 heteroatoms. The third-order valence-electron chi connectivity index (χ3n) is 4.97. The summed E-state index contributed by atoms with van der Waals surface area (Å²) in [5.74, 6) is -0.720. The van der Waals surface area contributed by atoms with Crippen LogP contribution in [0.1, 0.15) is 53.0 Å². The van der Waals surface area contributed by atoms with Crippen molar-refractivity contribution >= 4 is 11.9 Å². The maximum absolute atomic E-state index is 12.5. The van der Waals surface area contributed by atoms with Crippen LogP contribution in [0.15, 0.2) is 43.0 Å². The molecule has 6 nitrogen and oxygen atoms in total. The second-order valence-corrected chi connectivity index (χ2v) is 8.60. The van der Waals surface area contributed by atoms with E-state index in [1.165, 1.54) is 6.92 Å². The topological polar surface area (TPSA) is 71.1 Å². The highest BCUT2D eigenvalue weighted by Gasteiger charge is 2.51. The van der Waals surface area contributed by atoms with Crippen LogP contribution in [0.3, 0.4) is 0 Å². The largest absolute Gasteiger partial charge is 0.459 e. The molecule has 0 unspecified atom stereocenters. The van der Waals surface area contributed by atoms with E-state index < -0.39 is 41.9 Å². The number of ether oxygens (including phenoxy) is 4. The highest BCUT2D eigenvalue weighted by molar-refractivity contribution is 5.75. The van der Waals surface area contributed by atoms with Gasteiger partial charge in [-0.25, -0.2) is 0 Å². The predicted molar refractivity (Wildman–Crippen MR) is 114 cm³/mol. The number of rotatable bonds is 9. The van der Waals surface area contributed by atoms with Crippen molar-refractivity contribution in [2.75, 3.05) is 0 Å². The Morgan fingerprint density at radius 2 is 1.87 bits per heavy atom. The molecule has 0 aromatic heterocycles. The van der Waals surface area contributed by atoms with E-state index in [9.17, 15) is 9.59 Å². The molecule has 1 aliphatic rings. The molecule has 1 aromatic carbocycles. The Balaban J connectivity index is 2.28. The minimum Gasteiger partial charge on any atom is -0.459 e. The van der Waals surface area contributed by atoms with E-state index in [2.05, 4.69) is 6.58 Å². The molecule has 1 aromatic rings. The molecule has 0 radical (unpaired) electrons. The van der Waals surface area contributed by atoms with Gasteiger partial charge in [0.15, 0.2) is 6.10 Å². The van der Waals surface area contributed by atoms with Crippen LogP contribution in [0.2, 0.25) is 0 Å². The molecule has 5 atom stereocenters. The molecular formula is C24H34O6. The molecule has 2 rings (SSSR count). The van der Waals surface area contributed by atoms with E-state index in [0.717, 1.165) is 5.56 Å². The van der Waals surface area contributed by atoms with Crippen molar-refractivity contribution < 1.29 is 28.5 Å². The first-order chi connectivity index (χ1) is 14.2. The van der Waals surface area contributed by atoms with Crippen LogP contribution < -0.4 is 0 Å². The van der Waals surface area contributed by atoms with Crippen LogP contribution in [-0.2, 0) is 35.1 Å². The summed E-state index contributed by atoms with van der Waals surface area (Å²) in [6.07, 6.45) is 0.0757. The number of benzene rings is 1. The van der Waals surface area contributed by atoms with Gasteiger partial charge in [-0.05, 0) is 39.2 Å². The maximum Gasteiger partial charge on any atom is 0.311 e. The van der Waals surface area contributed by atoms with Gasteiger partial charge in [0, 0.05) is 6.92 Å². The molecule has 0 N–H and O–H groups in total. The van der Waals surface area contributed by atoms with E-state index in [1.54, 1.807) is 6.08 Å². The fourth-order valence-electron chi connectivity index (χ4n) is 3.40. The molecule has 1 aliphatic heterocycles. The lowest BCUT2D eigenvalue weighted by Crippen LogP contribution is -2.45. The first kappa shape index (κ1) is 24.1. The first-order valence-corrected chi connectivity index (χ1v) is 10.5. The second kappa shape index (κ2) is 10.7. The molecule has 0 amide bonds. The van der Waals surface area contributed by atoms with E-state index in [-0.39, 0.29) is 5.97 Å². The molecule has 1 saturated heterocycles. The van der Waals surface area contributed by atoms with E-state index >= 15 is 0 Å². The zero-order valence-corrected chi connectivity index (χ0v) is 18.6. The van der Waals surface area contributed by atoms with Gasteiger partial charge in [0.2, 0.25) is 0 Å². The number of hydrogen-bond donors (Lipinski definition) is 0. The molecular weight excluding hydrogens is 384 g/mol. The van der Waals surface area contributed by atoms with Gasteiger partial charge in [-0.2, -0.15) is 0 Å². The number of hydrogen-bond acceptors (Lipinski definition) is 6. The molecule has 1 fully saturated rings. The van der Waals surface area contributed by atoms with Crippen LogP contribution in [0.5, 0.6) is 0 Å². The Bertz CT molecular complexity index is 708. The van der Waals surface area contributed by atoms with Gasteiger partial charge in [0.25, 0.3) is 0 Å². The normalized spacial score (nSPS) is 24.8. The third kappa shape index (κ3) is 6.41. The summed E-state index contributed by atoms with van der Waals surface area (Å²) in [6.45, 7) is 12.8. The summed E-state index contributed by atoms with van der Waals surface area (Å²) < 4.78 is 23.8. The molecule has 1 heterocycles. The molecule has 0 bridgehead atoms. The zero-order valence-electron chi connectivity index (χ0n) is 18.6. The van der Waals surface area contributed by atoms with Gasteiger partial charge >= 0.3 is 11.9 Å². The van der Waals surface area contributed by atoms with E-state index in [4.69, 9.17) is 18.9 Å². The van der Waals surface area contributed by atoms with Crippen molar-refractivity contribution in [1.29, 1.82) is 0 Å². The van der Waals surface area contributed by atoms with E-state index in [1.807, 2.05) is 58.0 Å². The van der Waals surface area contributed by atoms with Gasteiger partial charge in [-0.1, -0.05) is 43.3 Å². The lowest BCUT2D eigenvalue weighted by molar-refractivity contribution is -0.172. The van der Waals surface area contributed by atoms with Crippen LogP contribution in [0.25, 0.3) is 0 Å². The highest BCUT2D eigenvalue weighted by Crippen LogP contribution is 2.34. The standard InChI is InChI=1S/C24H34O6/c1-7-12-19-21(28-16(3)25)22(27-15-17-13-10-9-11-14-17)20(29-19)18(8-2)30-23(26)24(4,5)6/h7,9-11,13-14,18-22H,1,8,12,15H2,2-6H3/t18-,19-,20+,21-,22-/m0/s1. The minimum absolute atomic E-state index is 0.309. The second-order valence-electron chi connectivity index (χ2n) is 8.60. The summed E-state index contributed by atoms with van der Waals surface area (Å²) in [5, 5.41) is 0. The molecule has 166 valence electrons. The first-order valence-electron chi connectivity index (χ1n) is 10.5. The molecule has 0 spiro atoms. The fourth-order valence-corrected chi connectivity index (χ4v) is 3.40. The number of esters is 2. The number of carbonyl (C=O) groups is 2. The van der Waals surface area contributed by atoms with Crippen molar-refractivity contribution in [2.45, 2.75) is 84.6 Å². The summed E-state index contributed by atoms with van der Waals surface area (Å²) in [6, 6.07) is 9.73. The lowest BCUT2D eigenvalue weighted by atomic mass is 9.96. The Morgan fingerprint density at radius 3 is 2.40 bits per heavy atom. The molecule has 30 heavy (non-hydrogen) atoms. The lowest BCUT2D eigenvalue weighted by Gasteiger charge is -2.30. The Labute approximate surface area is 179 Å². The minimum atomic E-state index is -0.637. The SMILES string of the molecule is C=CC[C@@H]1O[C@H]([C@H](CC)OC(=O)C(C)(C)C)[C@H](OCc2ccccc2)[C@H]1OC(C)=O. The van der Waals surface area contributed by atoms with Crippen molar-refractivity contribution in [3.8, 4) is 0 Å². The molecule has 0 saturated carbocycles. The van der Waals surface area contributed by atoms with Crippen LogP contribution in [0, 0.1) is 5.41 Å². The number of carbonyl (C=O) groups excluding carboxylic acids is 2. The van der Waals surface area contributed by atoms with Crippen molar-refractivity contribution in [3.05, 3.63) is 48.6 Å². The Kier molecular flexibility index (Phi) is 8.62. The summed E-state index contributed by atoms with van der Waals surface area (Å²) >= 11 is 0. The Hall–Kier alpha value is -2.18. The fraction of sp³-hybridized carbons (Fsp3) is 0.583. The van der Waals surface area contributed by atoms with Gasteiger partial charge < -0.3 is 18.9 Å². The van der Waals surface area contributed by atoms with Gasteiger partial charge in [0.1, 0.15) is 24.4 Å². The predicted octanol–water partition coefficient (Wildman–Crippen LogP) is 4.21. The monoisotopic (exact) mass is 418 g/mol. The van der Waals surface area contributed by atoms with Gasteiger partial charge in [-0.15, -0.1) is 6.58 Å². The maximum atomic E-state index is 12.5. The quantitative estimate of drug-likeness (QED) is 0.442. The average Bonchev–Trinajstić information content (AvgIpc) is 3.01. The zero-order chi connectivity index (χ0) is 22.3. The summed E-state index contributed by atoms with van der Waals surface area (Å²) in [7, 11) is 0. The summed E-state index contributed by atoms with van der Waals surface area (Å²) in [4.78, 5) is 24.3. The summed E-state index contributed by atoms with van der Waals surface area (Å²) in [5.41, 5.74) is 0.354. The third-order valence-corrected chi connectivity index (χ3v) is 4.97. The van der Waals surface area contributed by atoms with Crippen molar-refractivity contribution in [2.24, 2.45) is 5.41 Å². The van der Waals surface area contributed by atoms with E-state index in [0.29, 0.717) is 19.4 Å². The van der Waals surface area contributed by atoms with Crippen LogP contribution in [-0.4, -0.2) is 42.5 Å². The molecule has 0 aliphatic carbocycles. The smallest absolute Gasteiger partial charge is 0.311 e. The Morgan fingerprint density at radius 1 is 1.20 bits per heavy atom. The van der Waals surface area contributed by atoms with Crippen molar-refractivity contribution in [3.63, 3.8) is 0 Å².